The highest BCUT2D eigenvalue weighted by molar-refractivity contribution is 5.69. The van der Waals surface area contributed by atoms with Crippen LogP contribution in [0.1, 0.15) is 39.5 Å². The van der Waals surface area contributed by atoms with Gasteiger partial charge in [-0.25, -0.2) is 4.57 Å². The van der Waals surface area contributed by atoms with Gasteiger partial charge >= 0.3 is 6.09 Å². The summed E-state index contributed by atoms with van der Waals surface area (Å²) in [5, 5.41) is 0. The van der Waals surface area contributed by atoms with Crippen LogP contribution in [0.2, 0.25) is 0 Å². The van der Waals surface area contributed by atoms with Crippen molar-refractivity contribution in [3.05, 3.63) is 18.7 Å². The highest BCUT2D eigenvalue weighted by Gasteiger charge is 2.13. The van der Waals surface area contributed by atoms with Crippen molar-refractivity contribution in [3.63, 3.8) is 0 Å². The molecule has 0 fully saturated rings. The second-order valence-corrected chi connectivity index (χ2v) is 3.88. The van der Waals surface area contributed by atoms with Crippen LogP contribution in [-0.4, -0.2) is 17.3 Å². The molecule has 0 saturated heterocycles. The Kier molecular flexibility index (Phi) is 8.50. The van der Waals surface area contributed by atoms with Crippen LogP contribution >= 0.6 is 0 Å². The minimum atomic E-state index is -0.288. The van der Waals surface area contributed by atoms with Crippen molar-refractivity contribution in [2.24, 2.45) is 0 Å². The fourth-order valence-electron chi connectivity index (χ4n) is 1.35. The summed E-state index contributed by atoms with van der Waals surface area (Å²) in [4.78, 5) is 11.5. The zero-order chi connectivity index (χ0) is 11.8. The van der Waals surface area contributed by atoms with Gasteiger partial charge in [-0.15, -0.1) is 4.57 Å². The number of aryl methyl sites for hydroxylation is 1. The van der Waals surface area contributed by atoms with E-state index in [0.717, 1.165) is 32.2 Å². The lowest BCUT2D eigenvalue weighted by atomic mass is 10.3. The van der Waals surface area contributed by atoms with E-state index in [1.165, 1.54) is 4.57 Å². The van der Waals surface area contributed by atoms with Crippen molar-refractivity contribution in [3.8, 4) is 0 Å². The smallest absolute Gasteiger partial charge is 0.511 e. The number of carbonyl (C=O) groups excluding carboxylic acids is 1. The average Bonchev–Trinajstić information content (AvgIpc) is 2.75. The summed E-state index contributed by atoms with van der Waals surface area (Å²) in [6, 6.07) is 0. The second-order valence-electron chi connectivity index (χ2n) is 3.88. The Bertz CT molecular complexity index is 326. The molecule has 0 bridgehead atoms. The van der Waals surface area contributed by atoms with E-state index >= 15 is 0 Å². The van der Waals surface area contributed by atoms with Gasteiger partial charge in [0.2, 0.25) is 0 Å². The summed E-state index contributed by atoms with van der Waals surface area (Å²) in [7, 11) is 0. The van der Waals surface area contributed by atoms with Crippen molar-refractivity contribution >= 4 is 6.09 Å². The van der Waals surface area contributed by atoms with E-state index in [4.69, 9.17) is 4.74 Å². The van der Waals surface area contributed by atoms with Gasteiger partial charge in [-0.3, -0.25) is 0 Å². The van der Waals surface area contributed by atoms with Crippen molar-refractivity contribution in [1.82, 2.24) is 4.57 Å². The molecule has 0 atom stereocenters. The van der Waals surface area contributed by atoms with Gasteiger partial charge in [0.15, 0.2) is 0 Å². The van der Waals surface area contributed by atoms with Crippen molar-refractivity contribution in [1.29, 1.82) is 0 Å². The van der Waals surface area contributed by atoms with Crippen LogP contribution in [0, 0.1) is 0 Å². The highest BCUT2D eigenvalue weighted by Crippen LogP contribution is 1.94. The molecule has 0 spiro atoms. The summed E-state index contributed by atoms with van der Waals surface area (Å²) in [6.07, 6.45) is 9.37. The molecule has 0 aliphatic carbocycles. The van der Waals surface area contributed by atoms with Crippen molar-refractivity contribution in [2.45, 2.75) is 46.1 Å². The van der Waals surface area contributed by atoms with E-state index < -0.39 is 0 Å². The predicted molar refractivity (Wildman–Crippen MR) is 61.2 cm³/mol. The molecule has 1 aromatic rings. The molecule has 0 saturated carbocycles. The first-order valence-electron chi connectivity index (χ1n) is 6.02. The highest BCUT2D eigenvalue weighted by atomic mass is 35.5. The Morgan fingerprint density at radius 3 is 2.65 bits per heavy atom. The van der Waals surface area contributed by atoms with E-state index in [1.54, 1.807) is 12.5 Å². The Morgan fingerprint density at radius 2 is 2.00 bits per heavy atom. The number of carbonyl (C=O) groups is 1. The largest absolute Gasteiger partial charge is 1.00 e. The van der Waals surface area contributed by atoms with Crippen LogP contribution in [0.4, 0.5) is 4.79 Å². The molecule has 0 unspecified atom stereocenters. The molecule has 5 heteroatoms. The Hall–Kier alpha value is -1.03. The summed E-state index contributed by atoms with van der Waals surface area (Å²) < 4.78 is 8.59. The van der Waals surface area contributed by atoms with Gasteiger partial charge in [0.25, 0.3) is 6.33 Å². The SMILES string of the molecule is CCCCOC(=O)n1cc[n+](CCCC)c1.[Cl-]. The Morgan fingerprint density at radius 1 is 1.29 bits per heavy atom. The monoisotopic (exact) mass is 260 g/mol. The summed E-state index contributed by atoms with van der Waals surface area (Å²) in [5.74, 6) is 0. The maximum atomic E-state index is 11.5. The molecule has 1 heterocycles. The number of ether oxygens (including phenoxy) is 1. The quantitative estimate of drug-likeness (QED) is 0.504. The summed E-state index contributed by atoms with van der Waals surface area (Å²) in [5.41, 5.74) is 0. The van der Waals surface area contributed by atoms with E-state index in [2.05, 4.69) is 13.8 Å². The van der Waals surface area contributed by atoms with Gasteiger partial charge in [-0.05, 0) is 12.8 Å². The number of hydrogen-bond acceptors (Lipinski definition) is 2. The number of halogens is 1. The molecule has 17 heavy (non-hydrogen) atoms. The van der Waals surface area contributed by atoms with Gasteiger partial charge < -0.3 is 17.1 Å². The Labute approximate surface area is 109 Å². The number of imidazole rings is 1. The molecule has 98 valence electrons. The standard InChI is InChI=1S/C12H21N2O2.ClH/c1-3-5-7-13-8-9-14(11-13)12(15)16-10-6-4-2;/h8-9,11H,3-7,10H2,1-2H3;1H/q+1;/p-1. The minimum absolute atomic E-state index is 0. The van der Waals surface area contributed by atoms with Gasteiger partial charge in [0, 0.05) is 0 Å². The maximum Gasteiger partial charge on any atom is 0.511 e. The molecule has 0 aliphatic rings. The van der Waals surface area contributed by atoms with Crippen LogP contribution in [0.15, 0.2) is 18.7 Å². The number of unbranched alkanes of at least 4 members (excludes halogenated alkanes) is 2. The van der Waals surface area contributed by atoms with Crippen LogP contribution in [-0.2, 0) is 11.3 Å². The molecule has 1 rings (SSSR count). The van der Waals surface area contributed by atoms with Crippen molar-refractivity contribution in [2.75, 3.05) is 6.61 Å². The summed E-state index contributed by atoms with van der Waals surface area (Å²) >= 11 is 0. The van der Waals surface area contributed by atoms with E-state index in [-0.39, 0.29) is 18.5 Å². The third-order valence-electron chi connectivity index (χ3n) is 2.40. The number of rotatable bonds is 6. The molecule has 4 nitrogen and oxygen atoms in total. The third-order valence-corrected chi connectivity index (χ3v) is 2.40. The summed E-state index contributed by atoms with van der Waals surface area (Å²) in [6.45, 7) is 5.67. The van der Waals surface area contributed by atoms with E-state index in [9.17, 15) is 4.79 Å². The molecular weight excluding hydrogens is 240 g/mol. The van der Waals surface area contributed by atoms with E-state index in [1.807, 2.05) is 10.8 Å². The molecule has 0 amide bonds. The lowest BCUT2D eigenvalue weighted by Crippen LogP contribution is -3.00. The Balaban J connectivity index is 0.00000256. The fraction of sp³-hybridized carbons (Fsp3) is 0.667. The van der Waals surface area contributed by atoms with Crippen LogP contribution in [0.5, 0.6) is 0 Å². The van der Waals surface area contributed by atoms with Crippen LogP contribution in [0.3, 0.4) is 0 Å². The van der Waals surface area contributed by atoms with E-state index in [0.29, 0.717) is 6.61 Å². The van der Waals surface area contributed by atoms with Crippen molar-refractivity contribution < 1.29 is 26.5 Å². The molecule has 0 radical (unpaired) electrons. The molecular formula is C12H21ClN2O2. The first kappa shape index (κ1) is 16.0. The number of hydrogen-bond donors (Lipinski definition) is 0. The first-order chi connectivity index (χ1) is 7.77. The molecule has 0 aromatic carbocycles. The predicted octanol–water partition coefficient (Wildman–Crippen LogP) is -0.635. The van der Waals surface area contributed by atoms with Gasteiger partial charge in [-0.2, -0.15) is 4.79 Å². The van der Waals surface area contributed by atoms with Gasteiger partial charge in [0.1, 0.15) is 12.4 Å². The number of aromatic nitrogens is 2. The maximum absolute atomic E-state index is 11.5. The average molecular weight is 261 g/mol. The van der Waals surface area contributed by atoms with Crippen LogP contribution < -0.4 is 17.0 Å². The normalized spacial score (nSPS) is 9.76. The molecule has 0 N–H and O–H groups in total. The lowest BCUT2D eigenvalue weighted by molar-refractivity contribution is -0.696. The fourth-order valence-corrected chi connectivity index (χ4v) is 1.35. The molecule has 1 aromatic heterocycles. The zero-order valence-electron chi connectivity index (χ0n) is 10.6. The first-order valence-corrected chi connectivity index (χ1v) is 6.02. The second kappa shape index (κ2) is 9.05. The third kappa shape index (κ3) is 5.73. The number of nitrogens with zero attached hydrogens (tertiary/aromatic N) is 2. The van der Waals surface area contributed by atoms with Crippen LogP contribution in [0.25, 0.3) is 0 Å². The minimum Gasteiger partial charge on any atom is -1.00 e. The topological polar surface area (TPSA) is 35.1 Å². The van der Waals surface area contributed by atoms with Gasteiger partial charge in [-0.1, -0.05) is 26.7 Å². The zero-order valence-corrected chi connectivity index (χ0v) is 11.3. The van der Waals surface area contributed by atoms with Gasteiger partial charge in [0.05, 0.1) is 13.2 Å². The molecule has 0 aliphatic heterocycles. The lowest BCUT2D eigenvalue weighted by Gasteiger charge is -1.98.